The van der Waals surface area contributed by atoms with Crippen molar-refractivity contribution >= 4 is 5.91 Å². The molecule has 0 radical (unpaired) electrons. The molecule has 3 nitrogen and oxygen atoms in total. The molecule has 1 aromatic heterocycles. The van der Waals surface area contributed by atoms with Crippen molar-refractivity contribution in [3.63, 3.8) is 0 Å². The summed E-state index contributed by atoms with van der Waals surface area (Å²) in [7, 11) is 0. The number of alkyl halides is 3. The van der Waals surface area contributed by atoms with E-state index >= 15 is 0 Å². The van der Waals surface area contributed by atoms with E-state index in [0.29, 0.717) is 11.1 Å². The Labute approximate surface area is 129 Å². The summed E-state index contributed by atoms with van der Waals surface area (Å²) in [5, 5.41) is 2.36. The minimum Gasteiger partial charge on any atom is -0.351 e. The average Bonchev–Trinajstić information content (AvgIpc) is 2.36. The van der Waals surface area contributed by atoms with E-state index in [9.17, 15) is 18.0 Å². The quantitative estimate of drug-likeness (QED) is 0.912. The summed E-state index contributed by atoms with van der Waals surface area (Å²) < 4.78 is 38.0. The first-order chi connectivity index (χ1) is 9.96. The number of amides is 1. The Balaban J connectivity index is 2.83. The molecule has 22 heavy (non-hydrogen) atoms. The van der Waals surface area contributed by atoms with Crippen LogP contribution in [-0.4, -0.2) is 23.6 Å². The van der Waals surface area contributed by atoms with Crippen molar-refractivity contribution in [3.8, 4) is 0 Å². The molecule has 0 saturated carbocycles. The number of carbonyl (C=O) groups excluding carboxylic acids is 1. The summed E-state index contributed by atoms with van der Waals surface area (Å²) in [5.41, 5.74) is 1.70. The van der Waals surface area contributed by atoms with Gasteiger partial charge in [-0.2, -0.15) is 13.2 Å². The van der Waals surface area contributed by atoms with E-state index < -0.39 is 24.5 Å². The van der Waals surface area contributed by atoms with Gasteiger partial charge in [0.25, 0.3) is 5.91 Å². The highest BCUT2D eigenvalue weighted by Crippen LogP contribution is 2.28. The zero-order valence-corrected chi connectivity index (χ0v) is 13.6. The molecule has 0 aliphatic carbocycles. The van der Waals surface area contributed by atoms with E-state index in [1.165, 1.54) is 13.1 Å². The zero-order valence-electron chi connectivity index (χ0n) is 13.6. The molecule has 1 unspecified atom stereocenters. The maximum Gasteiger partial charge on any atom is 0.393 e. The Morgan fingerprint density at radius 3 is 2.32 bits per heavy atom. The summed E-state index contributed by atoms with van der Waals surface area (Å²) in [6.07, 6.45) is -2.94. The molecule has 0 bridgehead atoms. The molecule has 1 aromatic rings. The molecular weight excluding hydrogens is 293 g/mol. The molecule has 1 atom stereocenters. The fourth-order valence-electron chi connectivity index (χ4n) is 2.01. The molecule has 0 saturated heterocycles. The van der Waals surface area contributed by atoms with Crippen LogP contribution in [0.1, 0.15) is 55.7 Å². The summed E-state index contributed by atoms with van der Waals surface area (Å²) >= 11 is 0. The van der Waals surface area contributed by atoms with Crippen LogP contribution >= 0.6 is 0 Å². The predicted octanol–water partition coefficient (Wildman–Crippen LogP) is 4.01. The lowest BCUT2D eigenvalue weighted by Gasteiger charge is -2.20. The van der Waals surface area contributed by atoms with Crippen molar-refractivity contribution < 1.29 is 18.0 Å². The molecule has 1 heterocycles. The first-order valence-electron chi connectivity index (χ1n) is 7.28. The van der Waals surface area contributed by atoms with Gasteiger partial charge in [0, 0.05) is 23.9 Å². The highest BCUT2D eigenvalue weighted by atomic mass is 19.4. The van der Waals surface area contributed by atoms with Crippen molar-refractivity contribution in [1.82, 2.24) is 10.3 Å². The van der Waals surface area contributed by atoms with Gasteiger partial charge in [-0.05, 0) is 25.0 Å². The fraction of sp³-hybridized carbons (Fsp3) is 0.625. The number of aromatic nitrogens is 1. The van der Waals surface area contributed by atoms with E-state index in [2.05, 4.69) is 10.3 Å². The second-order valence-electron chi connectivity index (χ2n) is 6.49. The molecule has 6 heteroatoms. The Hall–Kier alpha value is -1.59. The van der Waals surface area contributed by atoms with E-state index in [1.54, 1.807) is 13.0 Å². The third-order valence-electron chi connectivity index (χ3n) is 3.59. The molecular formula is C16H23F3N2O. The van der Waals surface area contributed by atoms with E-state index in [-0.39, 0.29) is 11.8 Å². The third-order valence-corrected chi connectivity index (χ3v) is 3.59. The number of hydrogen-bond donors (Lipinski definition) is 1. The van der Waals surface area contributed by atoms with Crippen LogP contribution in [0.3, 0.4) is 0 Å². The van der Waals surface area contributed by atoms with Crippen LogP contribution in [0.25, 0.3) is 0 Å². The number of nitrogens with zero attached hydrogens (tertiary/aromatic N) is 1. The number of pyridine rings is 1. The number of rotatable bonds is 4. The average molecular weight is 316 g/mol. The fourth-order valence-corrected chi connectivity index (χ4v) is 2.01. The first kappa shape index (κ1) is 18.5. The van der Waals surface area contributed by atoms with E-state index in [4.69, 9.17) is 0 Å². The molecule has 1 N–H and O–H groups in total. The molecule has 1 rings (SSSR count). The third kappa shape index (κ3) is 4.71. The van der Waals surface area contributed by atoms with Crippen LogP contribution in [0.2, 0.25) is 0 Å². The lowest BCUT2D eigenvalue weighted by molar-refractivity contribution is -0.173. The van der Waals surface area contributed by atoms with Crippen LogP contribution in [0.4, 0.5) is 13.2 Å². The molecule has 0 aliphatic rings. The van der Waals surface area contributed by atoms with Gasteiger partial charge in [-0.3, -0.25) is 9.78 Å². The van der Waals surface area contributed by atoms with Crippen molar-refractivity contribution in [1.29, 1.82) is 0 Å². The zero-order chi connectivity index (χ0) is 17.1. The monoisotopic (exact) mass is 316 g/mol. The molecule has 0 fully saturated rings. The summed E-state index contributed by atoms with van der Waals surface area (Å²) in [4.78, 5) is 16.3. The number of aryl methyl sites for hydroxylation is 1. The van der Waals surface area contributed by atoms with E-state index in [0.717, 1.165) is 5.69 Å². The normalized spacial score (nSPS) is 13.8. The second kappa shape index (κ2) is 6.67. The highest BCUT2D eigenvalue weighted by Gasteiger charge is 2.38. The van der Waals surface area contributed by atoms with Crippen LogP contribution in [0.5, 0.6) is 0 Å². The molecule has 0 aliphatic heterocycles. The van der Waals surface area contributed by atoms with Gasteiger partial charge in [-0.1, -0.05) is 27.7 Å². The number of carbonyl (C=O) groups is 1. The van der Waals surface area contributed by atoms with Crippen molar-refractivity contribution in [2.45, 2.75) is 52.6 Å². The van der Waals surface area contributed by atoms with Gasteiger partial charge < -0.3 is 5.32 Å². The highest BCUT2D eigenvalue weighted by molar-refractivity contribution is 5.95. The first-order valence-corrected chi connectivity index (χ1v) is 7.28. The Morgan fingerprint density at radius 1 is 1.32 bits per heavy atom. The summed E-state index contributed by atoms with van der Waals surface area (Å²) in [6, 6.07) is 1.80. The number of halogens is 3. The minimum absolute atomic E-state index is 0.0655. The van der Waals surface area contributed by atoms with Crippen molar-refractivity contribution in [2.24, 2.45) is 5.92 Å². The van der Waals surface area contributed by atoms with Crippen LogP contribution in [0, 0.1) is 12.8 Å². The minimum atomic E-state index is -4.30. The molecule has 0 spiro atoms. The SMILES string of the molecule is CCC(CNC(=O)c1cnc(C(C)(C)C)cc1C)C(F)(F)F. The van der Waals surface area contributed by atoms with Crippen LogP contribution in [0.15, 0.2) is 12.3 Å². The van der Waals surface area contributed by atoms with Crippen molar-refractivity contribution in [2.75, 3.05) is 6.54 Å². The van der Waals surface area contributed by atoms with Gasteiger partial charge in [0.1, 0.15) is 0 Å². The van der Waals surface area contributed by atoms with Gasteiger partial charge in [0.15, 0.2) is 0 Å². The Kier molecular flexibility index (Phi) is 5.59. The van der Waals surface area contributed by atoms with Gasteiger partial charge in [0.05, 0.1) is 11.5 Å². The Bertz CT molecular complexity index is 533. The lowest BCUT2D eigenvalue weighted by Crippen LogP contribution is -2.36. The maximum atomic E-state index is 12.7. The predicted molar refractivity (Wildman–Crippen MR) is 79.8 cm³/mol. The summed E-state index contributed by atoms with van der Waals surface area (Å²) in [6.45, 7) is 8.80. The Morgan fingerprint density at radius 2 is 1.91 bits per heavy atom. The maximum absolute atomic E-state index is 12.7. The lowest BCUT2D eigenvalue weighted by atomic mass is 9.90. The number of hydrogen-bond acceptors (Lipinski definition) is 2. The van der Waals surface area contributed by atoms with Gasteiger partial charge >= 0.3 is 6.18 Å². The summed E-state index contributed by atoms with van der Waals surface area (Å²) in [5.74, 6) is -2.05. The van der Waals surface area contributed by atoms with Crippen molar-refractivity contribution in [3.05, 3.63) is 29.1 Å². The molecule has 1 amide bonds. The van der Waals surface area contributed by atoms with Gasteiger partial charge in [-0.25, -0.2) is 0 Å². The number of nitrogens with one attached hydrogen (secondary N) is 1. The second-order valence-corrected chi connectivity index (χ2v) is 6.49. The molecule has 124 valence electrons. The smallest absolute Gasteiger partial charge is 0.351 e. The standard InChI is InChI=1S/C16H23F3N2O/c1-6-11(16(17,18)19)8-21-14(22)12-9-20-13(7-10(12)2)15(3,4)5/h7,9,11H,6,8H2,1-5H3,(H,21,22). The van der Waals surface area contributed by atoms with Gasteiger partial charge in [0.2, 0.25) is 0 Å². The topological polar surface area (TPSA) is 42.0 Å². The van der Waals surface area contributed by atoms with E-state index in [1.807, 2.05) is 20.8 Å². The molecule has 0 aromatic carbocycles. The largest absolute Gasteiger partial charge is 0.393 e. The van der Waals surface area contributed by atoms with Crippen LogP contribution < -0.4 is 5.32 Å². The van der Waals surface area contributed by atoms with Crippen LogP contribution in [-0.2, 0) is 5.41 Å². The van der Waals surface area contributed by atoms with Gasteiger partial charge in [-0.15, -0.1) is 0 Å².